The Morgan fingerprint density at radius 3 is 2.63 bits per heavy atom. The number of nitrogen functional groups attached to an aromatic ring is 1. The van der Waals surface area contributed by atoms with Gasteiger partial charge in [0.2, 0.25) is 0 Å². The van der Waals surface area contributed by atoms with Crippen LogP contribution in [-0.2, 0) is 0 Å². The summed E-state index contributed by atoms with van der Waals surface area (Å²) in [5, 5.41) is 3.20. The number of nitrogens with two attached hydrogens (primary N) is 1. The number of hydrogen-bond donors (Lipinski definition) is 2. The third-order valence-electron chi connectivity index (χ3n) is 3.10. The van der Waals surface area contributed by atoms with E-state index < -0.39 is 0 Å². The predicted octanol–water partition coefficient (Wildman–Crippen LogP) is 3.59. The fourth-order valence-electron chi connectivity index (χ4n) is 1.88. The molecule has 1 atom stereocenters. The Kier molecular flexibility index (Phi) is 3.69. The van der Waals surface area contributed by atoms with E-state index in [2.05, 4.69) is 10.3 Å². The van der Waals surface area contributed by atoms with Crippen LogP contribution >= 0.6 is 0 Å². The summed E-state index contributed by atoms with van der Waals surface area (Å²) in [6.07, 6.45) is 1.75. The van der Waals surface area contributed by atoms with Gasteiger partial charge in [-0.25, -0.2) is 9.37 Å². The fraction of sp³-hybridized carbons (Fsp3) is 0.267. The van der Waals surface area contributed by atoms with Gasteiger partial charge in [-0.1, -0.05) is 12.1 Å². The van der Waals surface area contributed by atoms with Gasteiger partial charge in [0.05, 0.1) is 11.7 Å². The van der Waals surface area contributed by atoms with Crippen molar-refractivity contribution in [2.24, 2.45) is 0 Å². The normalized spacial score (nSPS) is 12.2. The van der Waals surface area contributed by atoms with E-state index in [4.69, 9.17) is 5.73 Å². The Bertz CT molecular complexity index is 596. The lowest BCUT2D eigenvalue weighted by Gasteiger charge is -2.17. The smallest absolute Gasteiger partial charge is 0.149 e. The minimum atomic E-state index is -0.198. The van der Waals surface area contributed by atoms with Gasteiger partial charge in [0.25, 0.3) is 0 Å². The Hall–Kier alpha value is -2.10. The van der Waals surface area contributed by atoms with Gasteiger partial charge >= 0.3 is 0 Å². The molecule has 0 spiro atoms. The molecule has 1 aromatic heterocycles. The number of pyridine rings is 1. The Balaban J connectivity index is 2.20. The average molecular weight is 259 g/mol. The van der Waals surface area contributed by atoms with Crippen molar-refractivity contribution in [1.29, 1.82) is 0 Å². The second-order valence-corrected chi connectivity index (χ2v) is 4.83. The van der Waals surface area contributed by atoms with Gasteiger partial charge in [0.1, 0.15) is 11.6 Å². The molecule has 0 saturated carbocycles. The molecule has 1 unspecified atom stereocenters. The molecule has 0 bridgehead atoms. The van der Waals surface area contributed by atoms with Gasteiger partial charge in [-0.3, -0.25) is 0 Å². The van der Waals surface area contributed by atoms with E-state index in [1.54, 1.807) is 19.2 Å². The zero-order chi connectivity index (χ0) is 14.0. The van der Waals surface area contributed by atoms with E-state index in [0.717, 1.165) is 11.1 Å². The van der Waals surface area contributed by atoms with Crippen LogP contribution in [0, 0.1) is 19.7 Å². The summed E-state index contributed by atoms with van der Waals surface area (Å²) in [5.74, 6) is 0.426. The Morgan fingerprint density at radius 2 is 2.00 bits per heavy atom. The second kappa shape index (κ2) is 5.26. The van der Waals surface area contributed by atoms with Crippen molar-refractivity contribution in [3.63, 3.8) is 0 Å². The number of benzene rings is 1. The molecule has 0 aliphatic carbocycles. The van der Waals surface area contributed by atoms with Gasteiger partial charge in [0.15, 0.2) is 0 Å². The Morgan fingerprint density at radius 1 is 1.26 bits per heavy atom. The molecule has 1 heterocycles. The van der Waals surface area contributed by atoms with Gasteiger partial charge in [0, 0.05) is 6.20 Å². The Labute approximate surface area is 112 Å². The van der Waals surface area contributed by atoms with Crippen LogP contribution in [-0.4, -0.2) is 4.98 Å². The first kappa shape index (κ1) is 13.3. The highest BCUT2D eigenvalue weighted by atomic mass is 19.1. The maximum Gasteiger partial charge on any atom is 0.149 e. The number of rotatable bonds is 3. The standard InChI is InChI=1S/C15H18FN3/c1-9-6-14(17)15(18-8-9)19-11(3)12-5-4-10(2)13(16)7-12/h4-8,11H,17H2,1-3H3,(H,18,19). The van der Waals surface area contributed by atoms with Crippen molar-refractivity contribution < 1.29 is 4.39 Å². The molecular formula is C15H18FN3. The molecule has 4 heteroatoms. The quantitative estimate of drug-likeness (QED) is 0.885. The number of nitrogens with zero attached hydrogens (tertiary/aromatic N) is 1. The lowest BCUT2D eigenvalue weighted by atomic mass is 10.1. The monoisotopic (exact) mass is 259 g/mol. The van der Waals surface area contributed by atoms with Crippen LogP contribution in [0.2, 0.25) is 0 Å². The molecule has 0 radical (unpaired) electrons. The fourth-order valence-corrected chi connectivity index (χ4v) is 1.88. The van der Waals surface area contributed by atoms with E-state index in [0.29, 0.717) is 17.1 Å². The average Bonchev–Trinajstić information content (AvgIpc) is 2.36. The SMILES string of the molecule is Cc1cnc(NC(C)c2ccc(C)c(F)c2)c(N)c1. The van der Waals surface area contributed by atoms with Crippen molar-refractivity contribution in [2.45, 2.75) is 26.8 Å². The summed E-state index contributed by atoms with van der Waals surface area (Å²) in [7, 11) is 0. The lowest BCUT2D eigenvalue weighted by molar-refractivity contribution is 0.614. The second-order valence-electron chi connectivity index (χ2n) is 4.83. The maximum absolute atomic E-state index is 13.5. The molecule has 100 valence electrons. The van der Waals surface area contributed by atoms with Gasteiger partial charge in [-0.15, -0.1) is 0 Å². The summed E-state index contributed by atoms with van der Waals surface area (Å²) >= 11 is 0. The van der Waals surface area contributed by atoms with Crippen LogP contribution in [0.15, 0.2) is 30.5 Å². The van der Waals surface area contributed by atoms with Crippen LogP contribution in [0.5, 0.6) is 0 Å². The molecule has 0 fully saturated rings. The van der Waals surface area contributed by atoms with Crippen LogP contribution < -0.4 is 11.1 Å². The molecule has 0 aliphatic heterocycles. The maximum atomic E-state index is 13.5. The summed E-state index contributed by atoms with van der Waals surface area (Å²) in [6, 6.07) is 7.01. The topological polar surface area (TPSA) is 50.9 Å². The van der Waals surface area contributed by atoms with Crippen LogP contribution in [0.1, 0.15) is 29.7 Å². The summed E-state index contributed by atoms with van der Waals surface area (Å²) in [4.78, 5) is 4.25. The largest absolute Gasteiger partial charge is 0.396 e. The number of nitrogens with one attached hydrogen (secondary N) is 1. The first-order valence-corrected chi connectivity index (χ1v) is 6.22. The third-order valence-corrected chi connectivity index (χ3v) is 3.10. The molecule has 0 amide bonds. The summed E-state index contributed by atoms with van der Waals surface area (Å²) < 4.78 is 13.5. The van der Waals surface area contributed by atoms with Crippen LogP contribution in [0.25, 0.3) is 0 Å². The highest BCUT2D eigenvalue weighted by Crippen LogP contribution is 2.23. The summed E-state index contributed by atoms with van der Waals surface area (Å²) in [5.41, 5.74) is 9.02. The lowest BCUT2D eigenvalue weighted by Crippen LogP contribution is -2.10. The van der Waals surface area contributed by atoms with Gasteiger partial charge in [-0.05, 0) is 49.6 Å². The number of anilines is 2. The molecule has 1 aromatic carbocycles. The zero-order valence-electron chi connectivity index (χ0n) is 11.4. The molecular weight excluding hydrogens is 241 g/mol. The molecule has 2 aromatic rings. The van der Waals surface area contributed by atoms with Crippen LogP contribution in [0.4, 0.5) is 15.9 Å². The number of aryl methyl sites for hydroxylation is 2. The van der Waals surface area contributed by atoms with Gasteiger partial charge in [-0.2, -0.15) is 0 Å². The molecule has 3 N–H and O–H groups in total. The van der Waals surface area contributed by atoms with Crippen molar-refractivity contribution >= 4 is 11.5 Å². The number of hydrogen-bond acceptors (Lipinski definition) is 3. The summed E-state index contributed by atoms with van der Waals surface area (Å²) in [6.45, 7) is 5.63. The molecule has 3 nitrogen and oxygen atoms in total. The number of halogens is 1. The highest BCUT2D eigenvalue weighted by molar-refractivity contribution is 5.62. The predicted molar refractivity (Wildman–Crippen MR) is 76.6 cm³/mol. The van der Waals surface area contributed by atoms with E-state index >= 15 is 0 Å². The molecule has 0 aliphatic rings. The van der Waals surface area contributed by atoms with E-state index in [1.807, 2.05) is 26.0 Å². The van der Waals surface area contributed by atoms with Crippen molar-refractivity contribution in [3.8, 4) is 0 Å². The van der Waals surface area contributed by atoms with E-state index in [-0.39, 0.29) is 11.9 Å². The minimum Gasteiger partial charge on any atom is -0.396 e. The van der Waals surface area contributed by atoms with Crippen LogP contribution in [0.3, 0.4) is 0 Å². The zero-order valence-corrected chi connectivity index (χ0v) is 11.4. The van der Waals surface area contributed by atoms with Crippen molar-refractivity contribution in [2.75, 3.05) is 11.1 Å². The van der Waals surface area contributed by atoms with E-state index in [1.165, 1.54) is 6.07 Å². The van der Waals surface area contributed by atoms with Crippen molar-refractivity contribution in [1.82, 2.24) is 4.98 Å². The third kappa shape index (κ3) is 3.02. The first-order chi connectivity index (χ1) is 8.97. The highest BCUT2D eigenvalue weighted by Gasteiger charge is 2.10. The molecule has 2 rings (SSSR count). The minimum absolute atomic E-state index is 0.0624. The van der Waals surface area contributed by atoms with Crippen molar-refractivity contribution in [3.05, 3.63) is 53.0 Å². The van der Waals surface area contributed by atoms with Gasteiger partial charge < -0.3 is 11.1 Å². The number of aromatic nitrogens is 1. The molecule has 19 heavy (non-hydrogen) atoms. The molecule has 0 saturated heterocycles. The first-order valence-electron chi connectivity index (χ1n) is 6.22. The van der Waals surface area contributed by atoms with E-state index in [9.17, 15) is 4.39 Å².